The Morgan fingerprint density at radius 1 is 1.19 bits per heavy atom. The van der Waals surface area contributed by atoms with Crippen molar-refractivity contribution in [2.75, 3.05) is 6.61 Å². The molecule has 1 aromatic carbocycles. The number of hydrogen-bond donors (Lipinski definition) is 0. The van der Waals surface area contributed by atoms with Gasteiger partial charge in [-0.1, -0.05) is 25.9 Å². The fraction of sp³-hybridized carbons (Fsp3) is 0.522. The van der Waals surface area contributed by atoms with Gasteiger partial charge in [-0.05, 0) is 43.4 Å². The van der Waals surface area contributed by atoms with Crippen LogP contribution in [0.4, 0.5) is 26.3 Å². The highest BCUT2D eigenvalue weighted by Crippen LogP contribution is 2.33. The summed E-state index contributed by atoms with van der Waals surface area (Å²) in [6.07, 6.45) is -6.21. The lowest BCUT2D eigenvalue weighted by Gasteiger charge is -2.15. The molecule has 0 N–H and O–H groups in total. The molecule has 2 aromatic rings. The summed E-state index contributed by atoms with van der Waals surface area (Å²) < 4.78 is 85.6. The number of carbonyl (C=O) groups is 1. The SMILES string of the molecule is C/C(=N\Oc1ccc(C(F)(F)F)cc1C(=O)N=c1sc(C(C)(C)C)cn1C[C@H]1CCCO1)C(F)(F)F. The zero-order valence-electron chi connectivity index (χ0n) is 20.0. The first-order valence-corrected chi connectivity index (χ1v) is 11.8. The van der Waals surface area contributed by atoms with Crippen molar-refractivity contribution in [1.29, 1.82) is 0 Å². The molecular formula is C23H25F6N3O3S. The summed E-state index contributed by atoms with van der Waals surface area (Å²) in [5, 5.41) is 2.93. The second-order valence-electron chi connectivity index (χ2n) is 9.31. The zero-order chi connectivity index (χ0) is 26.9. The van der Waals surface area contributed by atoms with Gasteiger partial charge in [-0.25, -0.2) is 0 Å². The molecule has 0 aliphatic carbocycles. The molecule has 1 aliphatic heterocycles. The van der Waals surface area contributed by atoms with Gasteiger partial charge in [0, 0.05) is 17.7 Å². The molecule has 13 heteroatoms. The fourth-order valence-electron chi connectivity index (χ4n) is 3.22. The van der Waals surface area contributed by atoms with Crippen LogP contribution in [0.2, 0.25) is 0 Å². The van der Waals surface area contributed by atoms with E-state index in [4.69, 9.17) is 9.57 Å². The second-order valence-corrected chi connectivity index (χ2v) is 10.3. The third-order valence-electron chi connectivity index (χ3n) is 5.31. The standard InChI is InChI=1S/C23H25F6N3O3S/c1-13(22(24,25)26)31-35-17-8-7-14(23(27,28)29)10-16(17)19(33)30-20-32(11-15-6-5-9-34-15)12-18(36-20)21(2,3)4/h7-8,10,12,15H,5-6,9,11H2,1-4H3/b30-20?,31-13+/t15-/m1/s1. The number of oxime groups is 1. The second kappa shape index (κ2) is 10.4. The van der Waals surface area contributed by atoms with Crippen LogP contribution in [-0.2, 0) is 22.9 Å². The van der Waals surface area contributed by atoms with Gasteiger partial charge < -0.3 is 14.1 Å². The molecule has 0 spiro atoms. The Balaban J connectivity index is 2.08. The Kier molecular flexibility index (Phi) is 8.04. The smallest absolute Gasteiger partial charge is 0.376 e. The summed E-state index contributed by atoms with van der Waals surface area (Å²) in [5.74, 6) is -1.70. The average molecular weight is 538 g/mol. The van der Waals surface area contributed by atoms with Crippen LogP contribution in [0.25, 0.3) is 0 Å². The van der Waals surface area contributed by atoms with Crippen molar-refractivity contribution in [1.82, 2.24) is 4.57 Å². The molecule has 36 heavy (non-hydrogen) atoms. The van der Waals surface area contributed by atoms with Crippen LogP contribution < -0.4 is 9.64 Å². The molecular weight excluding hydrogens is 512 g/mol. The van der Waals surface area contributed by atoms with Crippen molar-refractivity contribution in [3.63, 3.8) is 0 Å². The van der Waals surface area contributed by atoms with E-state index in [1.807, 2.05) is 27.0 Å². The number of ether oxygens (including phenoxy) is 1. The van der Waals surface area contributed by atoms with Crippen molar-refractivity contribution in [2.24, 2.45) is 10.1 Å². The van der Waals surface area contributed by atoms with E-state index in [0.717, 1.165) is 23.8 Å². The van der Waals surface area contributed by atoms with Crippen LogP contribution in [0.1, 0.15) is 61.3 Å². The zero-order valence-corrected chi connectivity index (χ0v) is 20.8. The van der Waals surface area contributed by atoms with E-state index in [1.54, 1.807) is 4.57 Å². The fourth-order valence-corrected chi connectivity index (χ4v) is 4.28. The molecule has 1 atom stereocenters. The number of alkyl halides is 6. The molecule has 1 amide bonds. The predicted octanol–water partition coefficient (Wildman–Crippen LogP) is 6.10. The van der Waals surface area contributed by atoms with Gasteiger partial charge in [0.1, 0.15) is 0 Å². The summed E-state index contributed by atoms with van der Waals surface area (Å²) in [4.78, 5) is 23.0. The highest BCUT2D eigenvalue weighted by atomic mass is 32.1. The monoisotopic (exact) mass is 537 g/mol. The first-order chi connectivity index (χ1) is 16.6. The van der Waals surface area contributed by atoms with Gasteiger partial charge in [0.2, 0.25) is 0 Å². The number of thiazole rings is 1. The lowest BCUT2D eigenvalue weighted by atomic mass is 9.95. The van der Waals surface area contributed by atoms with E-state index < -0.39 is 40.8 Å². The Morgan fingerprint density at radius 2 is 1.89 bits per heavy atom. The van der Waals surface area contributed by atoms with E-state index in [-0.39, 0.29) is 16.3 Å². The van der Waals surface area contributed by atoms with Crippen molar-refractivity contribution in [2.45, 2.75) is 71.0 Å². The Hall–Kier alpha value is -2.67. The maximum absolute atomic E-state index is 13.3. The number of benzene rings is 1. The Labute approximate surface area is 207 Å². The van der Waals surface area contributed by atoms with Crippen molar-refractivity contribution in [3.05, 3.63) is 45.2 Å². The molecule has 6 nitrogen and oxygen atoms in total. The third kappa shape index (κ3) is 6.96. The first-order valence-electron chi connectivity index (χ1n) is 11.0. The first kappa shape index (κ1) is 27.9. The Bertz CT molecular complexity index is 1200. The molecule has 198 valence electrons. The molecule has 0 radical (unpaired) electrons. The number of aromatic nitrogens is 1. The topological polar surface area (TPSA) is 65.2 Å². The number of carbonyl (C=O) groups excluding carboxylic acids is 1. The minimum Gasteiger partial charge on any atom is -0.376 e. The third-order valence-corrected chi connectivity index (χ3v) is 6.76. The average Bonchev–Trinajstić information content (AvgIpc) is 3.41. The van der Waals surface area contributed by atoms with Crippen LogP contribution in [0.3, 0.4) is 0 Å². The number of rotatable bonds is 5. The summed E-state index contributed by atoms with van der Waals surface area (Å²) >= 11 is 1.19. The van der Waals surface area contributed by atoms with Gasteiger partial charge in [0.15, 0.2) is 16.3 Å². The maximum atomic E-state index is 13.3. The van der Waals surface area contributed by atoms with Crippen LogP contribution in [0.5, 0.6) is 5.75 Å². The molecule has 1 fully saturated rings. The maximum Gasteiger partial charge on any atom is 0.432 e. The molecule has 0 bridgehead atoms. The van der Waals surface area contributed by atoms with Crippen molar-refractivity contribution in [3.8, 4) is 5.75 Å². The number of nitrogens with zero attached hydrogens (tertiary/aromatic N) is 3. The molecule has 3 rings (SSSR count). The molecule has 2 heterocycles. The summed E-state index contributed by atoms with van der Waals surface area (Å²) in [6, 6.07) is 1.82. The van der Waals surface area contributed by atoms with E-state index in [1.165, 1.54) is 11.3 Å². The van der Waals surface area contributed by atoms with E-state index >= 15 is 0 Å². The number of amides is 1. The summed E-state index contributed by atoms with van der Waals surface area (Å²) in [5.41, 5.74) is -3.52. The minimum absolute atomic E-state index is 0.103. The highest BCUT2D eigenvalue weighted by molar-refractivity contribution is 7.09. The molecule has 0 saturated carbocycles. The molecule has 1 aromatic heterocycles. The van der Waals surface area contributed by atoms with Gasteiger partial charge in [-0.15, -0.1) is 11.3 Å². The van der Waals surface area contributed by atoms with E-state index in [9.17, 15) is 31.1 Å². The van der Waals surface area contributed by atoms with Gasteiger partial charge in [-0.3, -0.25) is 4.79 Å². The van der Waals surface area contributed by atoms with Gasteiger partial charge >= 0.3 is 12.4 Å². The predicted molar refractivity (Wildman–Crippen MR) is 121 cm³/mol. The lowest BCUT2D eigenvalue weighted by Crippen LogP contribution is -2.23. The molecule has 1 aliphatic rings. The largest absolute Gasteiger partial charge is 0.432 e. The van der Waals surface area contributed by atoms with E-state index in [2.05, 4.69) is 10.1 Å². The van der Waals surface area contributed by atoms with E-state index in [0.29, 0.717) is 32.2 Å². The van der Waals surface area contributed by atoms with Crippen LogP contribution in [0, 0.1) is 0 Å². The lowest BCUT2D eigenvalue weighted by molar-refractivity contribution is -0.137. The minimum atomic E-state index is -4.81. The van der Waals surface area contributed by atoms with Crippen LogP contribution in [0.15, 0.2) is 34.5 Å². The number of halogens is 6. The normalized spacial score (nSPS) is 18.1. The van der Waals surface area contributed by atoms with Crippen LogP contribution in [-0.4, -0.2) is 35.1 Å². The Morgan fingerprint density at radius 3 is 2.44 bits per heavy atom. The summed E-state index contributed by atoms with van der Waals surface area (Å²) in [7, 11) is 0. The molecule has 1 saturated heterocycles. The summed E-state index contributed by atoms with van der Waals surface area (Å²) in [6.45, 7) is 7.50. The molecule has 0 unspecified atom stereocenters. The number of hydrogen-bond acceptors (Lipinski definition) is 5. The van der Waals surface area contributed by atoms with Crippen LogP contribution >= 0.6 is 11.3 Å². The van der Waals surface area contributed by atoms with Gasteiger partial charge in [0.05, 0.1) is 23.8 Å². The van der Waals surface area contributed by atoms with Gasteiger partial charge in [-0.2, -0.15) is 31.3 Å². The highest BCUT2D eigenvalue weighted by Gasteiger charge is 2.34. The van der Waals surface area contributed by atoms with Crippen molar-refractivity contribution < 1.29 is 40.7 Å². The van der Waals surface area contributed by atoms with Gasteiger partial charge in [0.25, 0.3) is 5.91 Å². The van der Waals surface area contributed by atoms with Crippen molar-refractivity contribution >= 4 is 23.0 Å². The quantitative estimate of drug-likeness (QED) is 0.263.